The van der Waals surface area contributed by atoms with Gasteiger partial charge in [0.25, 0.3) is 0 Å². The molecule has 0 amide bonds. The number of esters is 5. The van der Waals surface area contributed by atoms with Crippen LogP contribution in [0, 0.1) is 35.5 Å². The number of rotatable bonds is 56. The second-order valence-corrected chi connectivity index (χ2v) is 23.4. The third-order valence-electron chi connectivity index (χ3n) is 15.8. The minimum atomic E-state index is -1.13. The Bertz CT molecular complexity index is 2170. The highest BCUT2D eigenvalue weighted by molar-refractivity contribution is 5.95. The highest BCUT2D eigenvalue weighted by Gasteiger charge is 2.38. The third-order valence-corrected chi connectivity index (χ3v) is 15.8. The summed E-state index contributed by atoms with van der Waals surface area (Å²) < 4.78 is 21.7. The van der Waals surface area contributed by atoms with Crippen molar-refractivity contribution < 1.29 is 82.5 Å². The lowest BCUT2D eigenvalue weighted by Crippen LogP contribution is -2.30. The van der Waals surface area contributed by atoms with Crippen molar-refractivity contribution in [3.05, 3.63) is 72.4 Å². The first-order valence-corrected chi connectivity index (χ1v) is 33.1. The molecule has 0 aromatic heterocycles. The molecular weight excluding hydrogens is 1110 g/mol. The second kappa shape index (κ2) is 51.9. The van der Waals surface area contributed by atoms with Gasteiger partial charge in [-0.25, -0.2) is 0 Å². The van der Waals surface area contributed by atoms with E-state index in [1.807, 2.05) is 56.4 Å². The van der Waals surface area contributed by atoms with E-state index in [9.17, 15) is 58.5 Å². The Balaban J connectivity index is 2.64. The Hall–Kier alpha value is -6.13. The van der Waals surface area contributed by atoms with E-state index >= 15 is 0 Å². The normalized spacial score (nSPS) is 16.0. The highest BCUT2D eigenvalue weighted by Crippen LogP contribution is 2.31. The van der Waals surface area contributed by atoms with Crippen LogP contribution in [0.5, 0.6) is 0 Å². The van der Waals surface area contributed by atoms with Crippen molar-refractivity contribution >= 4 is 53.7 Å². The first-order chi connectivity index (χ1) is 41.9. The summed E-state index contributed by atoms with van der Waals surface area (Å²) in [5.74, 6) is -9.78. The third kappa shape index (κ3) is 42.4. The molecule has 0 aromatic rings. The van der Waals surface area contributed by atoms with Crippen LogP contribution in [0.15, 0.2) is 72.4 Å². The van der Waals surface area contributed by atoms with Gasteiger partial charge in [-0.15, -0.1) is 0 Å². The summed E-state index contributed by atoms with van der Waals surface area (Å²) in [5.41, 5.74) is 0.887. The number of allylic oxidation sites excluding steroid dienone is 12. The van der Waals surface area contributed by atoms with Gasteiger partial charge >= 0.3 is 53.7 Å². The van der Waals surface area contributed by atoms with Crippen LogP contribution in [0.3, 0.4) is 0 Å². The van der Waals surface area contributed by atoms with Crippen LogP contribution >= 0.6 is 0 Å². The van der Waals surface area contributed by atoms with Gasteiger partial charge in [0, 0.05) is 19.3 Å². The molecule has 7 unspecified atom stereocenters. The lowest BCUT2D eigenvalue weighted by Gasteiger charge is -2.19. The van der Waals surface area contributed by atoms with Gasteiger partial charge < -0.3 is 39.4 Å². The van der Waals surface area contributed by atoms with Crippen LogP contribution < -0.4 is 0 Å². The number of carbonyl (C=O) groups excluding carboxylic acids is 5. The van der Waals surface area contributed by atoms with Gasteiger partial charge in [-0.05, 0) is 108 Å². The predicted octanol–water partition coefficient (Wildman–Crippen LogP) is 15.9. The number of aliphatic carboxylic acids is 4. The van der Waals surface area contributed by atoms with Gasteiger partial charge in [0.05, 0.1) is 37.0 Å². The topological polar surface area (TPSA) is 271 Å². The van der Waals surface area contributed by atoms with Gasteiger partial charge in [0.1, 0.15) is 13.2 Å². The number of ether oxygens (including phenoxy) is 4. The number of hydrogen-bond donors (Lipinski definition) is 4. The van der Waals surface area contributed by atoms with Crippen LogP contribution in [0.2, 0.25) is 0 Å². The largest absolute Gasteiger partial charge is 0.481 e. The molecular formula is C70H110O17. The minimum Gasteiger partial charge on any atom is -0.481 e. The van der Waals surface area contributed by atoms with E-state index < -0.39 is 90.4 Å². The number of carbonyl (C=O) groups is 9. The Morgan fingerprint density at radius 3 is 1.54 bits per heavy atom. The first kappa shape index (κ1) is 78.9. The Kier molecular flexibility index (Phi) is 47.0. The van der Waals surface area contributed by atoms with Gasteiger partial charge in [0.2, 0.25) is 0 Å². The number of cyclic esters (lactones) is 2. The molecule has 492 valence electrons. The summed E-state index contributed by atoms with van der Waals surface area (Å²) in [6, 6.07) is 0. The van der Waals surface area contributed by atoms with E-state index in [1.165, 1.54) is 19.3 Å². The van der Waals surface area contributed by atoms with Crippen LogP contribution in [0.1, 0.15) is 259 Å². The maximum Gasteiger partial charge on any atom is 0.317 e. The van der Waals surface area contributed by atoms with E-state index in [4.69, 9.17) is 24.1 Å². The van der Waals surface area contributed by atoms with Crippen LogP contribution in [0.4, 0.5) is 0 Å². The van der Waals surface area contributed by atoms with E-state index in [0.717, 1.165) is 140 Å². The lowest BCUT2D eigenvalue weighted by atomic mass is 9.85. The fourth-order valence-electron chi connectivity index (χ4n) is 10.7. The molecule has 1 heterocycles. The molecule has 0 bridgehead atoms. The van der Waals surface area contributed by atoms with Crippen molar-refractivity contribution in [2.75, 3.05) is 13.2 Å². The highest BCUT2D eigenvalue weighted by atomic mass is 16.6. The van der Waals surface area contributed by atoms with E-state index in [2.05, 4.69) is 38.2 Å². The zero-order valence-electron chi connectivity index (χ0n) is 53.4. The van der Waals surface area contributed by atoms with Crippen LogP contribution in [-0.4, -0.2) is 93.5 Å². The number of unbranched alkanes of at least 4 members (excludes halogenated alkanes) is 21. The molecule has 1 aliphatic heterocycles. The van der Waals surface area contributed by atoms with E-state index in [1.54, 1.807) is 0 Å². The SMILES string of the molecule is CCCCCCCCC(/C=C/CCCCCCC(=O)OC(COC(=O)CCCCCCC/C=C\C=C\C(CCCCC)C(CC(=O)O)C(=O)O)COC(=O)CCCCCCC/C=C\C/C=C\C(C)=C\C(CC)C(CC(=O)O)C(=O)O)C1CC(=O)OC1=O. The molecule has 1 fully saturated rings. The molecule has 1 rings (SSSR count). The molecule has 0 radical (unpaired) electrons. The average molecular weight is 1220 g/mol. The summed E-state index contributed by atoms with van der Waals surface area (Å²) >= 11 is 0. The summed E-state index contributed by atoms with van der Waals surface area (Å²) in [6.07, 6.45) is 47.2. The van der Waals surface area contributed by atoms with Crippen molar-refractivity contribution in [1.29, 1.82) is 0 Å². The first-order valence-electron chi connectivity index (χ1n) is 33.1. The zero-order chi connectivity index (χ0) is 64.3. The van der Waals surface area contributed by atoms with E-state index in [-0.39, 0.29) is 56.7 Å². The minimum absolute atomic E-state index is 0.0278. The van der Waals surface area contributed by atoms with Gasteiger partial charge in [-0.3, -0.25) is 43.2 Å². The standard InChI is InChI=1S/C70H110O17/c1-5-8-10-11-26-35-43-57(61-51-67(78)87-70(61)83)44-36-28-23-24-31-39-47-66(77)86-58(53-85-65(76)46-38-30-22-18-14-16-20-27-34-42-56(41-32-9-6-2)60(69(81)82)50-63(73)74)52-84-64(75)45-37-29-21-17-13-12-15-19-25-33-40-54(4)48-55(7-3)59(68(79)80)49-62(71)72/h15,19-20,27,33-34,36,40,42,44,48,55-61H,5-14,16-18,21-26,28-32,35,37-39,41,43,45-47,49-53H2,1-4H3,(H,71,72)(H,73,74)(H,79,80)(H,81,82)/b19-15-,27-20-,40-33-,42-34+,44-36+,54-48+. The van der Waals surface area contributed by atoms with Gasteiger partial charge in [-0.2, -0.15) is 0 Å². The molecule has 17 nitrogen and oxygen atoms in total. The molecule has 87 heavy (non-hydrogen) atoms. The quantitative estimate of drug-likeness (QED) is 0.0110. The van der Waals surface area contributed by atoms with E-state index in [0.29, 0.717) is 38.5 Å². The summed E-state index contributed by atoms with van der Waals surface area (Å²) in [7, 11) is 0. The van der Waals surface area contributed by atoms with Crippen LogP contribution in [0.25, 0.3) is 0 Å². The lowest BCUT2D eigenvalue weighted by molar-refractivity contribution is -0.167. The molecule has 7 atom stereocenters. The fraction of sp³-hybridized carbons (Fsp3) is 0.700. The Morgan fingerprint density at radius 1 is 0.529 bits per heavy atom. The number of carboxylic acid groups (broad SMARTS) is 4. The molecule has 0 spiro atoms. The maximum absolute atomic E-state index is 13.1. The average Bonchev–Trinajstić information content (AvgIpc) is 3.99. The summed E-state index contributed by atoms with van der Waals surface area (Å²) in [6.45, 7) is 7.51. The molecule has 0 aromatic carbocycles. The maximum atomic E-state index is 13.1. The monoisotopic (exact) mass is 1220 g/mol. The summed E-state index contributed by atoms with van der Waals surface area (Å²) in [5, 5.41) is 37.6. The smallest absolute Gasteiger partial charge is 0.317 e. The zero-order valence-corrected chi connectivity index (χ0v) is 53.4. The van der Waals surface area contributed by atoms with Crippen LogP contribution in [-0.2, 0) is 62.1 Å². The Morgan fingerprint density at radius 2 is 1.01 bits per heavy atom. The molecule has 4 N–H and O–H groups in total. The number of carboxylic acids is 4. The second-order valence-electron chi connectivity index (χ2n) is 23.4. The molecule has 17 heteroatoms. The fourth-order valence-corrected chi connectivity index (χ4v) is 10.7. The molecule has 1 aliphatic rings. The number of hydrogen-bond acceptors (Lipinski definition) is 13. The van der Waals surface area contributed by atoms with Gasteiger partial charge in [0.15, 0.2) is 6.10 Å². The Labute approximate surface area is 520 Å². The van der Waals surface area contributed by atoms with Crippen molar-refractivity contribution in [2.24, 2.45) is 35.5 Å². The van der Waals surface area contributed by atoms with Crippen molar-refractivity contribution in [2.45, 2.75) is 265 Å². The van der Waals surface area contributed by atoms with Gasteiger partial charge in [-0.1, -0.05) is 202 Å². The van der Waals surface area contributed by atoms with Crippen molar-refractivity contribution in [3.8, 4) is 0 Å². The van der Waals surface area contributed by atoms with Crippen molar-refractivity contribution in [3.63, 3.8) is 0 Å². The summed E-state index contributed by atoms with van der Waals surface area (Å²) in [4.78, 5) is 109. The molecule has 1 saturated heterocycles. The van der Waals surface area contributed by atoms with Crippen molar-refractivity contribution in [1.82, 2.24) is 0 Å². The molecule has 0 saturated carbocycles. The predicted molar refractivity (Wildman–Crippen MR) is 337 cm³/mol. The molecule has 0 aliphatic carbocycles.